The van der Waals surface area contributed by atoms with Gasteiger partial charge in [0.1, 0.15) is 5.75 Å². The van der Waals surface area contributed by atoms with Crippen molar-refractivity contribution in [1.29, 1.82) is 0 Å². The molecule has 0 bridgehead atoms. The first-order chi connectivity index (χ1) is 11.9. The molecule has 0 radical (unpaired) electrons. The molecular weight excluding hydrogens is 316 g/mol. The van der Waals surface area contributed by atoms with Gasteiger partial charge in [0.05, 0.1) is 12.3 Å². The first-order valence-electron chi connectivity index (χ1n) is 8.76. The van der Waals surface area contributed by atoms with Gasteiger partial charge in [-0.05, 0) is 69.4 Å². The van der Waals surface area contributed by atoms with Crippen LogP contribution in [0, 0.1) is 13.8 Å². The van der Waals surface area contributed by atoms with E-state index in [0.717, 1.165) is 54.3 Å². The minimum atomic E-state index is -0.191. The Balaban J connectivity index is 1.58. The van der Waals surface area contributed by atoms with Gasteiger partial charge in [-0.15, -0.1) is 0 Å². The fourth-order valence-electron chi connectivity index (χ4n) is 3.30. The number of ether oxygens (including phenoxy) is 1. The lowest BCUT2D eigenvalue weighted by Crippen LogP contribution is -2.37. The van der Waals surface area contributed by atoms with Gasteiger partial charge in [-0.3, -0.25) is 4.68 Å². The van der Waals surface area contributed by atoms with Gasteiger partial charge in [0.25, 0.3) is 0 Å². The predicted octanol–water partition coefficient (Wildman–Crippen LogP) is 3.11. The van der Waals surface area contributed by atoms with Crippen molar-refractivity contribution in [2.75, 3.05) is 11.9 Å². The summed E-state index contributed by atoms with van der Waals surface area (Å²) in [5.74, 6) is 0.924. The van der Waals surface area contributed by atoms with E-state index in [1.54, 1.807) is 0 Å². The van der Waals surface area contributed by atoms with Gasteiger partial charge in [0.2, 0.25) is 0 Å². The van der Waals surface area contributed by atoms with Crippen molar-refractivity contribution >= 4 is 11.7 Å². The number of fused-ring (bicyclic) bond motifs is 1. The molecule has 0 fully saturated rings. The van der Waals surface area contributed by atoms with Gasteiger partial charge in [0.15, 0.2) is 0 Å². The Morgan fingerprint density at radius 2 is 2.20 bits per heavy atom. The number of aromatic nitrogens is 2. The van der Waals surface area contributed by atoms with Crippen molar-refractivity contribution < 1.29 is 9.53 Å². The van der Waals surface area contributed by atoms with Crippen LogP contribution >= 0.6 is 0 Å². The number of urea groups is 1. The molecule has 0 spiro atoms. The Kier molecular flexibility index (Phi) is 4.97. The molecule has 1 aromatic carbocycles. The van der Waals surface area contributed by atoms with Crippen molar-refractivity contribution in [3.8, 4) is 5.75 Å². The Hall–Kier alpha value is -2.50. The molecule has 25 heavy (non-hydrogen) atoms. The lowest BCUT2D eigenvalue weighted by Gasteiger charge is -2.19. The van der Waals surface area contributed by atoms with E-state index in [9.17, 15) is 4.79 Å². The lowest BCUT2D eigenvalue weighted by molar-refractivity contribution is 0.249. The molecule has 6 nitrogen and oxygen atoms in total. The largest absolute Gasteiger partial charge is 0.493 e. The van der Waals surface area contributed by atoms with Crippen LogP contribution in [0.4, 0.5) is 10.5 Å². The summed E-state index contributed by atoms with van der Waals surface area (Å²) in [7, 11) is 1.94. The first-order valence-corrected chi connectivity index (χ1v) is 8.76. The zero-order valence-electron chi connectivity index (χ0n) is 15.3. The van der Waals surface area contributed by atoms with E-state index in [4.69, 9.17) is 4.74 Å². The van der Waals surface area contributed by atoms with Crippen LogP contribution in [0.15, 0.2) is 18.2 Å². The van der Waals surface area contributed by atoms with Gasteiger partial charge in [0, 0.05) is 24.5 Å². The van der Waals surface area contributed by atoms with Crippen LogP contribution in [0.25, 0.3) is 0 Å². The number of hydrogen-bond acceptors (Lipinski definition) is 3. The number of carbonyl (C=O) groups excluding carboxylic acids is 1. The summed E-state index contributed by atoms with van der Waals surface area (Å²) in [5.41, 5.74) is 5.30. The third kappa shape index (κ3) is 3.95. The number of anilines is 1. The van der Waals surface area contributed by atoms with E-state index in [0.29, 0.717) is 0 Å². The molecule has 0 saturated heterocycles. The molecule has 0 saturated carbocycles. The molecule has 2 aromatic rings. The molecule has 2 heterocycles. The van der Waals surface area contributed by atoms with Crippen LogP contribution in [0.2, 0.25) is 0 Å². The van der Waals surface area contributed by atoms with Gasteiger partial charge >= 0.3 is 6.03 Å². The zero-order chi connectivity index (χ0) is 18.0. The van der Waals surface area contributed by atoms with Crippen molar-refractivity contribution in [2.45, 2.75) is 46.1 Å². The maximum Gasteiger partial charge on any atom is 0.319 e. The van der Waals surface area contributed by atoms with E-state index in [2.05, 4.69) is 22.7 Å². The first kappa shape index (κ1) is 17.3. The second-order valence-corrected chi connectivity index (χ2v) is 6.75. The molecule has 3 rings (SSSR count). The number of carbonyl (C=O) groups is 1. The molecule has 6 heteroatoms. The normalized spacial score (nSPS) is 14.4. The third-order valence-electron chi connectivity index (χ3n) is 4.71. The number of hydrogen-bond donors (Lipinski definition) is 2. The SMILES string of the molecule is Cc1nn(C)c(C)c1C[C@@H](C)NC(=O)Nc1ccc2c(c1)CCCO2. The maximum atomic E-state index is 12.3. The van der Waals surface area contributed by atoms with Crippen LogP contribution in [0.1, 0.15) is 35.9 Å². The Morgan fingerprint density at radius 3 is 2.92 bits per heavy atom. The standard InChI is InChI=1S/C19H26N4O2/c1-12(10-17-13(2)22-23(4)14(17)3)20-19(24)21-16-7-8-18-15(11-16)6-5-9-25-18/h7-8,11-12H,5-6,9-10H2,1-4H3,(H2,20,21,24)/t12-/m1/s1. The van der Waals surface area contributed by atoms with Crippen LogP contribution in [-0.2, 0) is 19.9 Å². The predicted molar refractivity (Wildman–Crippen MR) is 98.3 cm³/mol. The fourth-order valence-corrected chi connectivity index (χ4v) is 3.30. The Labute approximate surface area is 148 Å². The maximum absolute atomic E-state index is 12.3. The monoisotopic (exact) mass is 342 g/mol. The number of rotatable bonds is 4. The third-order valence-corrected chi connectivity index (χ3v) is 4.71. The molecule has 1 aliphatic heterocycles. The lowest BCUT2D eigenvalue weighted by atomic mass is 10.1. The smallest absolute Gasteiger partial charge is 0.319 e. The summed E-state index contributed by atoms with van der Waals surface area (Å²) in [6.45, 7) is 6.83. The summed E-state index contributed by atoms with van der Waals surface area (Å²) in [5, 5.41) is 10.3. The van der Waals surface area contributed by atoms with Crippen LogP contribution in [0.5, 0.6) is 5.75 Å². The minimum absolute atomic E-state index is 0.0163. The second kappa shape index (κ2) is 7.17. The fraction of sp³-hybridized carbons (Fsp3) is 0.474. The van der Waals surface area contributed by atoms with Gasteiger partial charge < -0.3 is 15.4 Å². The number of benzene rings is 1. The molecule has 0 aliphatic carbocycles. The topological polar surface area (TPSA) is 68.2 Å². The van der Waals surface area contributed by atoms with E-state index in [-0.39, 0.29) is 12.1 Å². The van der Waals surface area contributed by atoms with E-state index in [1.165, 1.54) is 5.56 Å². The number of amides is 2. The average Bonchev–Trinajstić information content (AvgIpc) is 2.81. The highest BCUT2D eigenvalue weighted by molar-refractivity contribution is 5.89. The Bertz CT molecular complexity index is 782. The molecule has 0 unspecified atom stereocenters. The number of aryl methyl sites for hydroxylation is 3. The molecule has 1 atom stereocenters. The summed E-state index contributed by atoms with van der Waals surface area (Å²) < 4.78 is 7.48. The van der Waals surface area contributed by atoms with Gasteiger partial charge in [-0.25, -0.2) is 4.79 Å². The van der Waals surface area contributed by atoms with Crippen molar-refractivity contribution in [3.63, 3.8) is 0 Å². The number of nitrogens with one attached hydrogen (secondary N) is 2. The van der Waals surface area contributed by atoms with Gasteiger partial charge in [-0.2, -0.15) is 5.10 Å². The van der Waals surface area contributed by atoms with E-state index < -0.39 is 0 Å². The number of nitrogens with zero attached hydrogens (tertiary/aromatic N) is 2. The van der Waals surface area contributed by atoms with E-state index >= 15 is 0 Å². The highest BCUT2D eigenvalue weighted by Crippen LogP contribution is 2.27. The minimum Gasteiger partial charge on any atom is -0.493 e. The zero-order valence-corrected chi connectivity index (χ0v) is 15.3. The van der Waals surface area contributed by atoms with Crippen LogP contribution in [0.3, 0.4) is 0 Å². The van der Waals surface area contributed by atoms with Crippen molar-refractivity contribution in [3.05, 3.63) is 40.7 Å². The molecule has 134 valence electrons. The highest BCUT2D eigenvalue weighted by Gasteiger charge is 2.16. The molecule has 2 N–H and O–H groups in total. The van der Waals surface area contributed by atoms with Crippen LogP contribution in [-0.4, -0.2) is 28.5 Å². The molecule has 1 aliphatic rings. The summed E-state index contributed by atoms with van der Waals surface area (Å²) in [4.78, 5) is 12.3. The Morgan fingerprint density at radius 1 is 1.40 bits per heavy atom. The van der Waals surface area contributed by atoms with Crippen LogP contribution < -0.4 is 15.4 Å². The molecule has 1 aromatic heterocycles. The summed E-state index contributed by atoms with van der Waals surface area (Å²) in [6, 6.07) is 5.62. The quantitative estimate of drug-likeness (QED) is 0.897. The van der Waals surface area contributed by atoms with Gasteiger partial charge in [-0.1, -0.05) is 0 Å². The summed E-state index contributed by atoms with van der Waals surface area (Å²) in [6.07, 6.45) is 2.77. The molecular formula is C19H26N4O2. The van der Waals surface area contributed by atoms with Crippen molar-refractivity contribution in [1.82, 2.24) is 15.1 Å². The summed E-state index contributed by atoms with van der Waals surface area (Å²) >= 11 is 0. The second-order valence-electron chi connectivity index (χ2n) is 6.75. The average molecular weight is 342 g/mol. The molecule has 2 amide bonds. The highest BCUT2D eigenvalue weighted by atomic mass is 16.5. The van der Waals surface area contributed by atoms with Crippen molar-refractivity contribution in [2.24, 2.45) is 7.05 Å². The van der Waals surface area contributed by atoms with E-state index in [1.807, 2.05) is 43.8 Å².